The standard InChI is InChI=1S/CH5N6O/c2-1-6(3)4-5-7(1)8/h1H,2-3H2/q-1. The van der Waals surface area contributed by atoms with E-state index in [0.29, 0.717) is 0 Å². The van der Waals surface area contributed by atoms with Gasteiger partial charge in [-0.25, -0.2) is 5.84 Å². The van der Waals surface area contributed by atoms with Crippen LogP contribution in [-0.4, -0.2) is 16.6 Å². The number of hydroxylamine groups is 1. The molecule has 4 N–H and O–H groups in total. The summed E-state index contributed by atoms with van der Waals surface area (Å²) in [4.78, 5) is 0. The highest BCUT2D eigenvalue weighted by atomic mass is 16.6. The maximum atomic E-state index is 10.2. The number of nitrogens with zero attached hydrogens (tertiary/aromatic N) is 4. The average molecular weight is 117 g/mol. The first kappa shape index (κ1) is 5.22. The maximum absolute atomic E-state index is 10.2. The van der Waals surface area contributed by atoms with Crippen molar-refractivity contribution in [3.05, 3.63) is 5.21 Å². The van der Waals surface area contributed by atoms with Gasteiger partial charge in [-0.05, 0) is 5.22 Å². The van der Waals surface area contributed by atoms with Gasteiger partial charge in [-0.3, -0.25) is 5.73 Å². The molecule has 0 saturated carbocycles. The van der Waals surface area contributed by atoms with Crippen LogP contribution >= 0.6 is 0 Å². The largest absolute Gasteiger partial charge is 0.738 e. The zero-order chi connectivity index (χ0) is 6.15. The third kappa shape index (κ3) is 0.579. The SMILES string of the molecule is NC1N(N)N=NN1[O-]. The molecule has 0 spiro atoms. The van der Waals surface area contributed by atoms with E-state index in [2.05, 4.69) is 10.4 Å². The second kappa shape index (κ2) is 1.54. The summed E-state index contributed by atoms with van der Waals surface area (Å²) < 4.78 is 0. The number of hydrogen-bond donors (Lipinski definition) is 2. The van der Waals surface area contributed by atoms with Crippen LogP contribution in [0.1, 0.15) is 0 Å². The van der Waals surface area contributed by atoms with E-state index in [1.807, 2.05) is 0 Å². The average Bonchev–Trinajstić information content (AvgIpc) is 1.98. The molecule has 0 fully saturated rings. The first-order chi connectivity index (χ1) is 3.72. The van der Waals surface area contributed by atoms with Gasteiger partial charge in [0.15, 0.2) is 6.29 Å². The fourth-order valence-corrected chi connectivity index (χ4v) is 0.293. The van der Waals surface area contributed by atoms with Gasteiger partial charge in [0.1, 0.15) is 0 Å². The highest BCUT2D eigenvalue weighted by Gasteiger charge is 2.14. The number of hydrazine groups is 1. The maximum Gasteiger partial charge on any atom is 0.194 e. The number of rotatable bonds is 0. The highest BCUT2D eigenvalue weighted by molar-refractivity contribution is 4.59. The predicted molar refractivity (Wildman–Crippen MR) is 24.1 cm³/mol. The molecule has 1 atom stereocenters. The second-order valence-corrected chi connectivity index (χ2v) is 1.28. The topological polar surface area (TPSA) is 106 Å². The van der Waals surface area contributed by atoms with Crippen LogP contribution in [0.25, 0.3) is 0 Å². The van der Waals surface area contributed by atoms with Crippen molar-refractivity contribution in [2.45, 2.75) is 6.29 Å². The molecule has 1 aliphatic heterocycles. The van der Waals surface area contributed by atoms with Crippen molar-refractivity contribution in [3.63, 3.8) is 0 Å². The Morgan fingerprint density at radius 2 is 2.12 bits per heavy atom. The van der Waals surface area contributed by atoms with E-state index in [9.17, 15) is 5.21 Å². The minimum absolute atomic E-state index is 0.208. The van der Waals surface area contributed by atoms with Crippen molar-refractivity contribution in [2.75, 3.05) is 0 Å². The van der Waals surface area contributed by atoms with Gasteiger partial charge in [0.05, 0.1) is 0 Å². The third-order valence-electron chi connectivity index (χ3n) is 0.729. The fourth-order valence-electron chi connectivity index (χ4n) is 0.293. The minimum atomic E-state index is -0.963. The summed E-state index contributed by atoms with van der Waals surface area (Å²) in [6.45, 7) is 0. The van der Waals surface area contributed by atoms with Crippen LogP contribution < -0.4 is 11.6 Å². The quantitative estimate of drug-likeness (QED) is 0.375. The molecule has 1 aliphatic rings. The highest BCUT2D eigenvalue weighted by Crippen LogP contribution is 2.03. The van der Waals surface area contributed by atoms with Crippen LogP contribution in [0.3, 0.4) is 0 Å². The van der Waals surface area contributed by atoms with Crippen LogP contribution in [0.4, 0.5) is 0 Å². The Morgan fingerprint density at radius 3 is 2.25 bits per heavy atom. The van der Waals surface area contributed by atoms with Gasteiger partial charge >= 0.3 is 0 Å². The van der Waals surface area contributed by atoms with Crippen LogP contribution in [-0.2, 0) is 0 Å². The molecule has 0 aliphatic carbocycles. The third-order valence-corrected chi connectivity index (χ3v) is 0.729. The Bertz CT molecular complexity index is 99.1. The summed E-state index contributed by atoms with van der Waals surface area (Å²) in [7, 11) is 0. The van der Waals surface area contributed by atoms with Crippen molar-refractivity contribution in [2.24, 2.45) is 22.0 Å². The molecular formula is CH5N6O-. The minimum Gasteiger partial charge on any atom is -0.738 e. The summed E-state index contributed by atoms with van der Waals surface area (Å²) in [5.41, 5.74) is 5.05. The van der Waals surface area contributed by atoms with Gasteiger partial charge in [0, 0.05) is 0 Å². The van der Waals surface area contributed by atoms with Crippen LogP contribution in [0.2, 0.25) is 0 Å². The zero-order valence-electron chi connectivity index (χ0n) is 3.93. The van der Waals surface area contributed by atoms with Crippen molar-refractivity contribution in [1.29, 1.82) is 0 Å². The van der Waals surface area contributed by atoms with Crippen LogP contribution in [0.5, 0.6) is 0 Å². The van der Waals surface area contributed by atoms with Gasteiger partial charge < -0.3 is 10.4 Å². The molecule has 8 heavy (non-hydrogen) atoms. The molecule has 46 valence electrons. The molecule has 0 bridgehead atoms. The lowest BCUT2D eigenvalue weighted by Gasteiger charge is -2.24. The Morgan fingerprint density at radius 1 is 1.50 bits per heavy atom. The summed E-state index contributed by atoms with van der Waals surface area (Å²) in [5, 5.41) is 17.3. The van der Waals surface area contributed by atoms with E-state index in [4.69, 9.17) is 11.6 Å². The van der Waals surface area contributed by atoms with Crippen LogP contribution in [0.15, 0.2) is 10.4 Å². The van der Waals surface area contributed by atoms with E-state index >= 15 is 0 Å². The molecule has 1 rings (SSSR count). The molecule has 1 heterocycles. The fraction of sp³-hybridized carbons (Fsp3) is 1.00. The Labute approximate surface area is 45.0 Å². The summed E-state index contributed by atoms with van der Waals surface area (Å²) in [5.74, 6) is 4.97. The van der Waals surface area contributed by atoms with E-state index in [0.717, 1.165) is 5.12 Å². The molecule has 7 heteroatoms. The van der Waals surface area contributed by atoms with Crippen LogP contribution in [0, 0.1) is 5.21 Å². The Hall–Kier alpha value is -0.920. The molecule has 0 amide bonds. The van der Waals surface area contributed by atoms with E-state index in [1.165, 1.54) is 0 Å². The first-order valence-electron chi connectivity index (χ1n) is 1.89. The van der Waals surface area contributed by atoms with Gasteiger partial charge in [-0.2, -0.15) is 5.12 Å². The van der Waals surface area contributed by atoms with Crippen molar-refractivity contribution >= 4 is 0 Å². The lowest BCUT2D eigenvalue weighted by molar-refractivity contribution is 0.153. The molecule has 0 aromatic carbocycles. The van der Waals surface area contributed by atoms with Gasteiger partial charge in [0.25, 0.3) is 0 Å². The zero-order valence-corrected chi connectivity index (χ0v) is 3.93. The Kier molecular flexibility index (Phi) is 1.01. The summed E-state index contributed by atoms with van der Waals surface area (Å²) >= 11 is 0. The lowest BCUT2D eigenvalue weighted by atomic mass is 10.9. The van der Waals surface area contributed by atoms with Crippen molar-refractivity contribution in [3.8, 4) is 0 Å². The number of hydrogen-bond acceptors (Lipinski definition) is 7. The molecular weight excluding hydrogens is 112 g/mol. The monoisotopic (exact) mass is 117 g/mol. The molecule has 1 unspecified atom stereocenters. The normalized spacial score (nSPS) is 27.6. The summed E-state index contributed by atoms with van der Waals surface area (Å²) in [6, 6.07) is 0. The van der Waals surface area contributed by atoms with Gasteiger partial charge in [-0.15, -0.1) is 0 Å². The smallest absolute Gasteiger partial charge is 0.194 e. The molecule has 0 aromatic rings. The lowest BCUT2D eigenvalue weighted by Crippen LogP contribution is -2.46. The first-order valence-corrected chi connectivity index (χ1v) is 1.89. The summed E-state index contributed by atoms with van der Waals surface area (Å²) in [6.07, 6.45) is -0.963. The van der Waals surface area contributed by atoms with Crippen molar-refractivity contribution < 1.29 is 0 Å². The van der Waals surface area contributed by atoms with E-state index < -0.39 is 6.29 Å². The second-order valence-electron chi connectivity index (χ2n) is 1.28. The predicted octanol–water partition coefficient (Wildman–Crippen LogP) is -1.50. The van der Waals surface area contributed by atoms with Gasteiger partial charge in [0.2, 0.25) is 0 Å². The Balaban J connectivity index is 2.55. The van der Waals surface area contributed by atoms with Gasteiger partial charge in [-0.1, -0.05) is 5.22 Å². The van der Waals surface area contributed by atoms with E-state index in [1.54, 1.807) is 0 Å². The molecule has 0 saturated heterocycles. The number of nitrogens with two attached hydrogens (primary N) is 2. The molecule has 7 nitrogen and oxygen atoms in total. The van der Waals surface area contributed by atoms with E-state index in [-0.39, 0.29) is 5.17 Å². The molecule has 0 aromatic heterocycles. The molecule has 0 radical (unpaired) electrons. The van der Waals surface area contributed by atoms with Crippen molar-refractivity contribution in [1.82, 2.24) is 10.3 Å².